The van der Waals surface area contributed by atoms with E-state index in [2.05, 4.69) is 0 Å². The van der Waals surface area contributed by atoms with Crippen LogP contribution in [0.1, 0.15) is 18.1 Å². The van der Waals surface area contributed by atoms with E-state index in [0.717, 1.165) is 22.5 Å². The molecule has 3 nitrogen and oxygen atoms in total. The van der Waals surface area contributed by atoms with E-state index >= 15 is 0 Å². The molecule has 0 aliphatic carbocycles. The largest absolute Gasteiger partial charge is 0.397 e. The Labute approximate surface area is 85.0 Å². The van der Waals surface area contributed by atoms with E-state index in [1.807, 2.05) is 38.1 Å². The van der Waals surface area contributed by atoms with Crippen LogP contribution in [0.3, 0.4) is 0 Å². The lowest BCUT2D eigenvalue weighted by atomic mass is 10.0. The molecule has 1 aromatic carbocycles. The van der Waals surface area contributed by atoms with E-state index in [1.165, 1.54) is 5.01 Å². The van der Waals surface area contributed by atoms with Crippen LogP contribution < -0.4 is 16.6 Å². The number of hydrogen-bond acceptors (Lipinski definition) is 3. The van der Waals surface area contributed by atoms with Crippen molar-refractivity contribution in [1.29, 1.82) is 0 Å². The quantitative estimate of drug-likeness (QED) is 0.426. The van der Waals surface area contributed by atoms with Crippen LogP contribution in [0.15, 0.2) is 18.2 Å². The van der Waals surface area contributed by atoms with Crippen LogP contribution in [0.5, 0.6) is 0 Å². The highest BCUT2D eigenvalue weighted by Gasteiger charge is 2.06. The maximum Gasteiger partial charge on any atom is 0.0746 e. The molecule has 4 N–H and O–H groups in total. The summed E-state index contributed by atoms with van der Waals surface area (Å²) in [6.45, 7) is 3.98. The molecule has 0 aliphatic rings. The van der Waals surface area contributed by atoms with Gasteiger partial charge in [-0.3, -0.25) is 0 Å². The number of hydrazine groups is 1. The molecule has 1 aromatic rings. The van der Waals surface area contributed by atoms with Gasteiger partial charge in [0.1, 0.15) is 0 Å². The van der Waals surface area contributed by atoms with Crippen molar-refractivity contribution in [3.8, 4) is 0 Å². The summed E-state index contributed by atoms with van der Waals surface area (Å²) in [7, 11) is 1.78. The molecular formula is C11H17N3. The summed E-state index contributed by atoms with van der Waals surface area (Å²) in [4.78, 5) is 0. The molecule has 0 aliphatic heterocycles. The van der Waals surface area contributed by atoms with Crippen molar-refractivity contribution in [2.75, 3.05) is 17.8 Å². The predicted molar refractivity (Wildman–Crippen MR) is 62.9 cm³/mol. The first-order valence-corrected chi connectivity index (χ1v) is 4.58. The summed E-state index contributed by atoms with van der Waals surface area (Å²) in [6.07, 6.45) is 4.03. The van der Waals surface area contributed by atoms with Gasteiger partial charge in [-0.2, -0.15) is 0 Å². The van der Waals surface area contributed by atoms with Crippen molar-refractivity contribution in [2.45, 2.75) is 13.8 Å². The molecule has 0 heterocycles. The lowest BCUT2D eigenvalue weighted by Gasteiger charge is -2.17. The maximum absolute atomic E-state index is 5.96. The fourth-order valence-corrected chi connectivity index (χ4v) is 1.40. The Bertz CT molecular complexity index is 354. The number of nitrogens with zero attached hydrogens (tertiary/aromatic N) is 1. The smallest absolute Gasteiger partial charge is 0.0746 e. The van der Waals surface area contributed by atoms with Gasteiger partial charge in [0.2, 0.25) is 0 Å². The van der Waals surface area contributed by atoms with Crippen LogP contribution in [0, 0.1) is 6.92 Å². The molecule has 0 saturated carbocycles. The second-order valence-electron chi connectivity index (χ2n) is 3.32. The second-order valence-corrected chi connectivity index (χ2v) is 3.32. The standard InChI is InChI=1S/C11H17N3/c1-4-5-9-6-7-10(14(3)13)11(12)8(9)2/h4-7H,12-13H2,1-3H3/b5-4+. The summed E-state index contributed by atoms with van der Waals surface area (Å²) in [5.41, 5.74) is 9.76. The second kappa shape index (κ2) is 4.15. The van der Waals surface area contributed by atoms with Crippen molar-refractivity contribution in [1.82, 2.24) is 0 Å². The average molecular weight is 191 g/mol. The Morgan fingerprint density at radius 2 is 2.00 bits per heavy atom. The molecular weight excluding hydrogens is 174 g/mol. The van der Waals surface area contributed by atoms with E-state index in [-0.39, 0.29) is 0 Å². The molecule has 3 heteroatoms. The Morgan fingerprint density at radius 3 is 2.50 bits per heavy atom. The SMILES string of the molecule is C/C=C/c1ccc(N(C)N)c(N)c1C. The fraction of sp³-hybridized carbons (Fsp3) is 0.273. The summed E-state index contributed by atoms with van der Waals surface area (Å²) in [5, 5.41) is 1.53. The number of nitrogen functional groups attached to an aromatic ring is 1. The first-order chi connectivity index (χ1) is 6.57. The van der Waals surface area contributed by atoms with E-state index in [4.69, 9.17) is 11.6 Å². The number of benzene rings is 1. The Hall–Kier alpha value is -1.48. The van der Waals surface area contributed by atoms with Gasteiger partial charge in [0.15, 0.2) is 0 Å². The van der Waals surface area contributed by atoms with Crippen molar-refractivity contribution in [3.63, 3.8) is 0 Å². The zero-order valence-corrected chi connectivity index (χ0v) is 8.91. The highest BCUT2D eigenvalue weighted by molar-refractivity contribution is 5.75. The van der Waals surface area contributed by atoms with Gasteiger partial charge in [-0.25, -0.2) is 5.84 Å². The molecule has 0 radical (unpaired) electrons. The molecule has 0 atom stereocenters. The minimum atomic E-state index is 0.741. The number of hydrogen-bond donors (Lipinski definition) is 2. The third-order valence-corrected chi connectivity index (χ3v) is 2.26. The molecule has 1 rings (SSSR count). The molecule has 0 fully saturated rings. The van der Waals surface area contributed by atoms with Crippen LogP contribution in [-0.4, -0.2) is 7.05 Å². The summed E-state index contributed by atoms with van der Waals surface area (Å²) < 4.78 is 0. The zero-order chi connectivity index (χ0) is 10.7. The van der Waals surface area contributed by atoms with Crippen molar-refractivity contribution in [2.24, 2.45) is 5.84 Å². The molecule has 0 unspecified atom stereocenters. The van der Waals surface area contributed by atoms with Gasteiger partial charge in [-0.1, -0.05) is 18.2 Å². The first-order valence-electron chi connectivity index (χ1n) is 4.58. The molecule has 76 valence electrons. The van der Waals surface area contributed by atoms with Crippen LogP contribution in [0.25, 0.3) is 6.08 Å². The topological polar surface area (TPSA) is 55.3 Å². The normalized spacial score (nSPS) is 10.9. The Kier molecular flexibility index (Phi) is 3.14. The fourth-order valence-electron chi connectivity index (χ4n) is 1.40. The van der Waals surface area contributed by atoms with Gasteiger partial charge in [0, 0.05) is 7.05 Å². The number of anilines is 2. The molecule has 0 bridgehead atoms. The van der Waals surface area contributed by atoms with E-state index in [0.29, 0.717) is 0 Å². The van der Waals surface area contributed by atoms with Gasteiger partial charge in [-0.15, -0.1) is 0 Å². The van der Waals surface area contributed by atoms with Gasteiger partial charge >= 0.3 is 0 Å². The zero-order valence-electron chi connectivity index (χ0n) is 8.91. The Morgan fingerprint density at radius 1 is 1.36 bits per heavy atom. The van der Waals surface area contributed by atoms with Crippen LogP contribution in [0.4, 0.5) is 11.4 Å². The highest BCUT2D eigenvalue weighted by Crippen LogP contribution is 2.27. The third kappa shape index (κ3) is 1.88. The van der Waals surface area contributed by atoms with Gasteiger partial charge < -0.3 is 10.7 Å². The maximum atomic E-state index is 5.96. The van der Waals surface area contributed by atoms with Crippen LogP contribution in [-0.2, 0) is 0 Å². The lowest BCUT2D eigenvalue weighted by molar-refractivity contribution is 1.02. The van der Waals surface area contributed by atoms with E-state index in [9.17, 15) is 0 Å². The predicted octanol–water partition coefficient (Wildman–Crippen LogP) is 1.92. The van der Waals surface area contributed by atoms with Crippen LogP contribution >= 0.6 is 0 Å². The molecule has 0 spiro atoms. The van der Waals surface area contributed by atoms with Gasteiger partial charge in [0.25, 0.3) is 0 Å². The molecule has 0 saturated heterocycles. The minimum Gasteiger partial charge on any atom is -0.397 e. The third-order valence-electron chi connectivity index (χ3n) is 2.26. The highest BCUT2D eigenvalue weighted by atomic mass is 15.4. The summed E-state index contributed by atoms with van der Waals surface area (Å²) >= 11 is 0. The monoisotopic (exact) mass is 191 g/mol. The first kappa shape index (κ1) is 10.6. The van der Waals surface area contributed by atoms with Crippen molar-refractivity contribution < 1.29 is 0 Å². The molecule has 14 heavy (non-hydrogen) atoms. The van der Waals surface area contributed by atoms with E-state index in [1.54, 1.807) is 7.05 Å². The van der Waals surface area contributed by atoms with E-state index < -0.39 is 0 Å². The average Bonchev–Trinajstić information content (AvgIpc) is 2.13. The number of allylic oxidation sites excluding steroid dienone is 1. The number of nitrogens with two attached hydrogens (primary N) is 2. The van der Waals surface area contributed by atoms with Crippen molar-refractivity contribution in [3.05, 3.63) is 29.3 Å². The molecule has 0 aromatic heterocycles. The summed E-state index contributed by atoms with van der Waals surface area (Å²) in [6, 6.07) is 3.95. The Balaban J connectivity index is 3.26. The molecule has 0 amide bonds. The van der Waals surface area contributed by atoms with Crippen LogP contribution in [0.2, 0.25) is 0 Å². The van der Waals surface area contributed by atoms with Crippen molar-refractivity contribution >= 4 is 17.5 Å². The van der Waals surface area contributed by atoms with Gasteiger partial charge in [0.05, 0.1) is 11.4 Å². The minimum absolute atomic E-state index is 0.741. The lowest BCUT2D eigenvalue weighted by Crippen LogP contribution is -2.26. The van der Waals surface area contributed by atoms with Gasteiger partial charge in [-0.05, 0) is 31.0 Å². The number of rotatable bonds is 2. The summed E-state index contributed by atoms with van der Waals surface area (Å²) in [5.74, 6) is 5.64.